The van der Waals surface area contributed by atoms with E-state index in [1.807, 2.05) is 54.2 Å². The molecule has 8 heteroatoms. The summed E-state index contributed by atoms with van der Waals surface area (Å²) >= 11 is 1.52. The molecule has 0 saturated carbocycles. The average Bonchev–Trinajstić information content (AvgIpc) is 3.08. The number of hydrogen-bond acceptors (Lipinski definition) is 6. The van der Waals surface area contributed by atoms with Gasteiger partial charge in [0.05, 0.1) is 17.6 Å². The van der Waals surface area contributed by atoms with E-state index in [1.54, 1.807) is 18.6 Å². The van der Waals surface area contributed by atoms with Gasteiger partial charge in [-0.2, -0.15) is 5.10 Å². The first-order chi connectivity index (χ1) is 13.6. The number of anilines is 1. The highest BCUT2D eigenvalue weighted by Crippen LogP contribution is 2.32. The van der Waals surface area contributed by atoms with Crippen molar-refractivity contribution in [3.8, 4) is 17.0 Å². The van der Waals surface area contributed by atoms with E-state index in [0.29, 0.717) is 11.4 Å². The summed E-state index contributed by atoms with van der Waals surface area (Å²) in [5, 5.41) is 9.51. The van der Waals surface area contributed by atoms with Crippen LogP contribution in [0.5, 0.6) is 5.75 Å². The Morgan fingerprint density at radius 2 is 2.11 bits per heavy atom. The molecule has 0 spiro atoms. The zero-order chi connectivity index (χ0) is 19.5. The molecular weight excluding hydrogens is 374 g/mol. The first-order valence-electron chi connectivity index (χ1n) is 8.86. The minimum atomic E-state index is -0.158. The van der Waals surface area contributed by atoms with E-state index in [1.165, 1.54) is 11.3 Å². The van der Waals surface area contributed by atoms with Gasteiger partial charge in [0.15, 0.2) is 6.61 Å². The van der Waals surface area contributed by atoms with E-state index in [0.717, 1.165) is 21.6 Å². The van der Waals surface area contributed by atoms with E-state index >= 15 is 0 Å². The smallest absolute Gasteiger partial charge is 0.262 e. The second kappa shape index (κ2) is 7.77. The molecular formula is C20H19N5O2S. The predicted octanol–water partition coefficient (Wildman–Crippen LogP) is 3.13. The van der Waals surface area contributed by atoms with Crippen LogP contribution >= 0.6 is 11.3 Å². The van der Waals surface area contributed by atoms with Crippen LogP contribution in [0.2, 0.25) is 0 Å². The highest BCUT2D eigenvalue weighted by atomic mass is 32.1. The third-order valence-electron chi connectivity index (χ3n) is 3.99. The molecule has 0 saturated heterocycles. The van der Waals surface area contributed by atoms with Crippen LogP contribution in [0.4, 0.5) is 5.69 Å². The number of rotatable bonds is 4. The van der Waals surface area contributed by atoms with Gasteiger partial charge in [-0.1, -0.05) is 0 Å². The van der Waals surface area contributed by atoms with E-state index in [4.69, 9.17) is 4.74 Å². The van der Waals surface area contributed by atoms with Crippen molar-refractivity contribution in [1.29, 1.82) is 0 Å². The van der Waals surface area contributed by atoms with Crippen molar-refractivity contribution < 1.29 is 9.53 Å². The Hall–Kier alpha value is -3.26. The maximum atomic E-state index is 11.6. The van der Waals surface area contributed by atoms with Crippen molar-refractivity contribution in [2.75, 3.05) is 11.9 Å². The number of fused-ring (bicyclic) bond motifs is 1. The number of nitrogens with zero attached hydrogens (tertiary/aromatic N) is 4. The molecule has 1 aliphatic rings. The summed E-state index contributed by atoms with van der Waals surface area (Å²) in [5.74, 6) is 0.506. The fraction of sp³-hybridized carbons (Fsp3) is 0.200. The third kappa shape index (κ3) is 3.86. The lowest BCUT2D eigenvalue weighted by atomic mass is 10.1. The molecule has 1 aliphatic heterocycles. The molecule has 0 atom stereocenters. The van der Waals surface area contributed by atoms with Crippen molar-refractivity contribution in [2.24, 2.45) is 10.1 Å². The fourth-order valence-electron chi connectivity index (χ4n) is 2.74. The minimum absolute atomic E-state index is 0.0401. The van der Waals surface area contributed by atoms with Crippen molar-refractivity contribution >= 4 is 29.1 Å². The number of carbonyl (C=O) groups excluding carboxylic acids is 1. The third-order valence-corrected chi connectivity index (χ3v) is 4.82. The van der Waals surface area contributed by atoms with E-state index in [2.05, 4.69) is 20.4 Å². The number of amides is 1. The van der Waals surface area contributed by atoms with Crippen LogP contribution in [0.15, 0.2) is 58.2 Å². The Balaban J connectivity index is 1.79. The lowest BCUT2D eigenvalue weighted by Gasteiger charge is -2.18. The molecule has 0 fully saturated rings. The summed E-state index contributed by atoms with van der Waals surface area (Å²) in [4.78, 5) is 21.1. The first kappa shape index (κ1) is 18.1. The second-order valence-corrected chi connectivity index (χ2v) is 7.35. The molecule has 0 aliphatic carbocycles. The number of hydrogen-bond donors (Lipinski definition) is 1. The van der Waals surface area contributed by atoms with Crippen molar-refractivity contribution in [2.45, 2.75) is 19.9 Å². The predicted molar refractivity (Wildman–Crippen MR) is 110 cm³/mol. The average molecular weight is 393 g/mol. The van der Waals surface area contributed by atoms with Crippen LogP contribution in [0.1, 0.15) is 19.4 Å². The van der Waals surface area contributed by atoms with Gasteiger partial charge in [0.1, 0.15) is 5.75 Å². The van der Waals surface area contributed by atoms with Crippen molar-refractivity contribution in [3.05, 3.63) is 58.5 Å². The Morgan fingerprint density at radius 3 is 2.89 bits per heavy atom. The Morgan fingerprint density at radius 1 is 1.29 bits per heavy atom. The molecule has 0 unspecified atom stereocenters. The van der Waals surface area contributed by atoms with Gasteiger partial charge in [-0.25, -0.2) is 4.68 Å². The first-order valence-corrected chi connectivity index (χ1v) is 9.74. The Bertz CT molecular complexity index is 1100. The molecule has 1 aromatic carbocycles. The molecule has 0 bridgehead atoms. The zero-order valence-corrected chi connectivity index (χ0v) is 16.3. The van der Waals surface area contributed by atoms with E-state index in [9.17, 15) is 4.79 Å². The summed E-state index contributed by atoms with van der Waals surface area (Å²) in [7, 11) is 0. The number of aromatic nitrogens is 2. The van der Waals surface area contributed by atoms with Crippen molar-refractivity contribution in [1.82, 2.24) is 9.66 Å². The summed E-state index contributed by atoms with van der Waals surface area (Å²) in [6.45, 7) is 4.10. The highest BCUT2D eigenvalue weighted by Gasteiger charge is 2.17. The van der Waals surface area contributed by atoms with Crippen LogP contribution in [-0.4, -0.2) is 34.4 Å². The summed E-state index contributed by atoms with van der Waals surface area (Å²) in [5.41, 5.74) is 3.41. The van der Waals surface area contributed by atoms with Gasteiger partial charge in [0.25, 0.3) is 5.91 Å². The molecule has 1 amide bonds. The second-order valence-electron chi connectivity index (χ2n) is 6.51. The van der Waals surface area contributed by atoms with Crippen LogP contribution in [0.25, 0.3) is 11.3 Å². The Labute approximate surface area is 166 Å². The van der Waals surface area contributed by atoms with Gasteiger partial charge >= 0.3 is 0 Å². The van der Waals surface area contributed by atoms with Gasteiger partial charge < -0.3 is 10.1 Å². The SMILES string of the molecule is CC(C)N=c1scc(-c2ccc3c(c2)NC(=O)CO3)n1N=Cc1ccncc1. The molecule has 28 heavy (non-hydrogen) atoms. The van der Waals surface area contributed by atoms with Crippen LogP contribution in [0, 0.1) is 0 Å². The normalized spacial score (nSPS) is 14.2. The van der Waals surface area contributed by atoms with Gasteiger partial charge in [0, 0.05) is 29.4 Å². The number of benzene rings is 1. The quantitative estimate of drug-likeness (QED) is 0.692. The summed E-state index contributed by atoms with van der Waals surface area (Å²) in [6, 6.07) is 9.63. The molecule has 7 nitrogen and oxygen atoms in total. The molecule has 4 rings (SSSR count). The molecule has 1 N–H and O–H groups in total. The highest BCUT2D eigenvalue weighted by molar-refractivity contribution is 7.07. The maximum Gasteiger partial charge on any atom is 0.262 e. The minimum Gasteiger partial charge on any atom is -0.482 e. The van der Waals surface area contributed by atoms with E-state index < -0.39 is 0 Å². The van der Waals surface area contributed by atoms with E-state index in [-0.39, 0.29) is 18.6 Å². The van der Waals surface area contributed by atoms with Gasteiger partial charge in [0.2, 0.25) is 4.80 Å². The molecule has 3 heterocycles. The van der Waals surface area contributed by atoms with Gasteiger partial charge in [-0.15, -0.1) is 11.3 Å². The zero-order valence-electron chi connectivity index (χ0n) is 15.5. The number of pyridine rings is 1. The molecule has 2 aromatic heterocycles. The Kier molecular flexibility index (Phi) is 5.03. The van der Waals surface area contributed by atoms with Crippen LogP contribution in [0.3, 0.4) is 0 Å². The summed E-state index contributed by atoms with van der Waals surface area (Å²) < 4.78 is 7.27. The number of ether oxygens (including phenoxy) is 1. The lowest BCUT2D eigenvalue weighted by Crippen LogP contribution is -2.25. The largest absolute Gasteiger partial charge is 0.482 e. The lowest BCUT2D eigenvalue weighted by molar-refractivity contribution is -0.118. The number of carbonyl (C=O) groups is 1. The monoisotopic (exact) mass is 393 g/mol. The van der Waals surface area contributed by atoms with Crippen LogP contribution in [-0.2, 0) is 4.79 Å². The van der Waals surface area contributed by atoms with Gasteiger partial charge in [-0.3, -0.25) is 14.8 Å². The maximum absolute atomic E-state index is 11.6. The van der Waals surface area contributed by atoms with Crippen LogP contribution < -0.4 is 14.9 Å². The molecule has 142 valence electrons. The molecule has 3 aromatic rings. The van der Waals surface area contributed by atoms with Crippen molar-refractivity contribution in [3.63, 3.8) is 0 Å². The fourth-order valence-corrected chi connectivity index (χ4v) is 3.71. The topological polar surface area (TPSA) is 80.9 Å². The van der Waals surface area contributed by atoms with Gasteiger partial charge in [-0.05, 0) is 49.7 Å². The number of nitrogens with one attached hydrogen (secondary N) is 1. The standard InChI is InChI=1S/C20H19N5O2S/c1-13(2)23-20-25(22-10-14-5-7-21-8-6-14)17(12-28-20)15-3-4-18-16(9-15)24-19(26)11-27-18/h3-10,12-13H,11H2,1-2H3,(H,24,26). The summed E-state index contributed by atoms with van der Waals surface area (Å²) in [6.07, 6.45) is 5.23. The molecule has 0 radical (unpaired) electrons. The number of thiazole rings is 1.